The molecule has 3 aromatic rings. The summed E-state index contributed by atoms with van der Waals surface area (Å²) in [6.07, 6.45) is 7.96. The molecule has 1 aliphatic carbocycles. The molecule has 9 nitrogen and oxygen atoms in total. The van der Waals surface area contributed by atoms with Gasteiger partial charge in [-0.3, -0.25) is 9.48 Å². The van der Waals surface area contributed by atoms with Crippen molar-refractivity contribution in [2.24, 2.45) is 0 Å². The summed E-state index contributed by atoms with van der Waals surface area (Å²) in [5.74, 6) is 0.497. The van der Waals surface area contributed by atoms with E-state index in [1.807, 2.05) is 27.9 Å². The molecule has 1 aromatic carbocycles. The van der Waals surface area contributed by atoms with Gasteiger partial charge in [0.25, 0.3) is 5.91 Å². The van der Waals surface area contributed by atoms with Crippen LogP contribution in [-0.2, 0) is 5.54 Å². The van der Waals surface area contributed by atoms with E-state index in [4.69, 9.17) is 6.57 Å². The maximum atomic E-state index is 12.3. The molecule has 0 unspecified atom stereocenters. The fourth-order valence-corrected chi connectivity index (χ4v) is 4.29. The van der Waals surface area contributed by atoms with Gasteiger partial charge in [-0.15, -0.1) is 0 Å². The Kier molecular flexibility index (Phi) is 5.23. The number of rotatable bonds is 6. The third kappa shape index (κ3) is 3.90. The molecule has 1 N–H and O–H groups in total. The number of carbonyl (C=O) groups excluding carboxylic acids is 1. The predicted octanol–water partition coefficient (Wildman–Crippen LogP) is 3.62. The van der Waals surface area contributed by atoms with Crippen molar-refractivity contribution in [1.29, 1.82) is 5.26 Å². The summed E-state index contributed by atoms with van der Waals surface area (Å²) in [4.78, 5) is 26.6. The lowest BCUT2D eigenvalue weighted by Crippen LogP contribution is -2.48. The van der Waals surface area contributed by atoms with Crippen LogP contribution >= 0.6 is 0 Å². The van der Waals surface area contributed by atoms with Gasteiger partial charge in [0.2, 0.25) is 12.0 Å². The lowest BCUT2D eigenvalue weighted by Gasteiger charge is -2.40. The van der Waals surface area contributed by atoms with Gasteiger partial charge >= 0.3 is 0 Å². The number of benzene rings is 1. The van der Waals surface area contributed by atoms with Gasteiger partial charge in [-0.25, -0.2) is 16.5 Å². The number of carbonyl (C=O) groups is 1. The monoisotopic (exact) mass is 438 g/mol. The molecule has 1 amide bonds. The number of amides is 1. The number of nitriles is 1. The fraction of sp³-hybridized carbons (Fsp3) is 0.333. The first kappa shape index (κ1) is 20.7. The van der Waals surface area contributed by atoms with Gasteiger partial charge in [-0.05, 0) is 36.8 Å². The van der Waals surface area contributed by atoms with Crippen LogP contribution in [0.1, 0.15) is 36.0 Å². The molecule has 1 saturated heterocycles. The summed E-state index contributed by atoms with van der Waals surface area (Å²) < 4.78 is 1.82. The van der Waals surface area contributed by atoms with Gasteiger partial charge in [-0.2, -0.15) is 10.4 Å². The van der Waals surface area contributed by atoms with Crippen molar-refractivity contribution in [3.8, 4) is 17.3 Å². The van der Waals surface area contributed by atoms with Crippen LogP contribution in [0.4, 0.5) is 11.6 Å². The second-order valence-corrected chi connectivity index (χ2v) is 8.54. The van der Waals surface area contributed by atoms with E-state index in [1.165, 1.54) is 0 Å². The minimum Gasteiger partial charge on any atom is -0.339 e. The molecular weight excluding hydrogens is 416 g/mol. The van der Waals surface area contributed by atoms with Crippen molar-refractivity contribution >= 4 is 17.5 Å². The number of likely N-dealkylation sites (tertiary alicyclic amines) is 1. The summed E-state index contributed by atoms with van der Waals surface area (Å²) in [6, 6.07) is 11.3. The minimum absolute atomic E-state index is 0.0477. The lowest BCUT2D eigenvalue weighted by atomic mass is 9.71. The molecule has 2 fully saturated rings. The Morgan fingerprint density at radius 1 is 1.27 bits per heavy atom. The van der Waals surface area contributed by atoms with Crippen LogP contribution in [0.15, 0.2) is 48.9 Å². The fourth-order valence-electron chi connectivity index (χ4n) is 4.29. The smallest absolute Gasteiger partial charge is 0.253 e. The van der Waals surface area contributed by atoms with Crippen molar-refractivity contribution in [1.82, 2.24) is 24.6 Å². The highest BCUT2D eigenvalue weighted by molar-refractivity contribution is 5.95. The summed E-state index contributed by atoms with van der Waals surface area (Å²) in [5, 5.41) is 16.9. The largest absolute Gasteiger partial charge is 0.339 e. The van der Waals surface area contributed by atoms with Gasteiger partial charge < -0.3 is 15.1 Å². The Morgan fingerprint density at radius 3 is 2.73 bits per heavy atom. The lowest BCUT2D eigenvalue weighted by molar-refractivity contribution is 0.0652. The Bertz CT molecular complexity index is 1260. The maximum Gasteiger partial charge on any atom is 0.253 e. The second kappa shape index (κ2) is 8.36. The topological polar surface area (TPSA) is 104 Å². The molecule has 0 radical (unpaired) electrons. The molecule has 33 heavy (non-hydrogen) atoms. The summed E-state index contributed by atoms with van der Waals surface area (Å²) >= 11 is 0. The van der Waals surface area contributed by atoms with Gasteiger partial charge in [0.05, 0.1) is 29.9 Å². The van der Waals surface area contributed by atoms with Crippen LogP contribution in [-0.4, -0.2) is 49.7 Å². The molecule has 1 saturated carbocycles. The van der Waals surface area contributed by atoms with Crippen molar-refractivity contribution in [2.75, 3.05) is 18.4 Å². The molecule has 0 spiro atoms. The molecule has 2 aliphatic rings. The van der Waals surface area contributed by atoms with Gasteiger partial charge in [0, 0.05) is 55.1 Å². The third-order valence-electron chi connectivity index (χ3n) is 6.37. The van der Waals surface area contributed by atoms with Crippen LogP contribution in [0, 0.1) is 17.9 Å². The van der Waals surface area contributed by atoms with Gasteiger partial charge in [-0.1, -0.05) is 0 Å². The maximum absolute atomic E-state index is 12.3. The first-order chi connectivity index (χ1) is 16.1. The van der Waals surface area contributed by atoms with Gasteiger partial charge in [0.1, 0.15) is 0 Å². The van der Waals surface area contributed by atoms with Gasteiger partial charge in [0.15, 0.2) is 0 Å². The van der Waals surface area contributed by atoms with Crippen LogP contribution in [0.2, 0.25) is 0 Å². The molecule has 0 bridgehead atoms. The molecule has 0 atom stereocenters. The minimum atomic E-state index is -0.411. The predicted molar refractivity (Wildman–Crippen MR) is 121 cm³/mol. The molecule has 1 aliphatic heterocycles. The molecule has 2 aromatic heterocycles. The van der Waals surface area contributed by atoms with E-state index < -0.39 is 5.54 Å². The average Bonchev–Trinajstić information content (AvgIpc) is 3.26. The first-order valence-electron chi connectivity index (χ1n) is 10.9. The quantitative estimate of drug-likeness (QED) is 0.590. The number of hydrogen-bond donors (Lipinski definition) is 1. The van der Waals surface area contributed by atoms with E-state index >= 15 is 0 Å². The van der Waals surface area contributed by atoms with E-state index in [9.17, 15) is 10.1 Å². The van der Waals surface area contributed by atoms with Crippen molar-refractivity contribution in [2.45, 2.75) is 37.3 Å². The molecular formula is C24H22N8O. The van der Waals surface area contributed by atoms with E-state index in [0.717, 1.165) is 30.8 Å². The Labute approximate surface area is 191 Å². The highest BCUT2D eigenvalue weighted by atomic mass is 16.2. The van der Waals surface area contributed by atoms with Crippen LogP contribution < -0.4 is 5.32 Å². The normalized spacial score (nSPS) is 21.3. The van der Waals surface area contributed by atoms with Crippen LogP contribution in [0.25, 0.3) is 16.1 Å². The van der Waals surface area contributed by atoms with E-state index in [1.54, 1.807) is 30.6 Å². The first-order valence-corrected chi connectivity index (χ1v) is 10.9. The third-order valence-corrected chi connectivity index (χ3v) is 6.37. The zero-order valence-electron chi connectivity index (χ0n) is 18.0. The Balaban J connectivity index is 1.30. The van der Waals surface area contributed by atoms with Crippen LogP contribution in [0.5, 0.6) is 0 Å². The number of hydrogen-bond acceptors (Lipinski definition) is 6. The number of nitrogens with one attached hydrogen (secondary N) is 1. The Hall–Kier alpha value is -4.24. The second-order valence-electron chi connectivity index (χ2n) is 8.54. The average molecular weight is 438 g/mol. The number of nitrogens with zero attached hydrogens (tertiary/aromatic N) is 7. The summed E-state index contributed by atoms with van der Waals surface area (Å²) in [7, 11) is 0. The van der Waals surface area contributed by atoms with Crippen molar-refractivity contribution in [3.63, 3.8) is 0 Å². The zero-order chi connectivity index (χ0) is 22.8. The number of anilines is 2. The summed E-state index contributed by atoms with van der Waals surface area (Å²) in [6.45, 7) is 8.87. The highest BCUT2D eigenvalue weighted by Gasteiger charge is 2.50. The standard InChI is InChI=1S/C24H22N8O/c1-26-20-13-24(14-20,8-9-25)32-16-18(15-28-32)21-7-10-27-23(30-21)29-19-5-3-17(4-6-19)22(33)31-11-2-12-31/h3-7,10,15-16,20H,2,8,11-14H2,(H,27,29,30). The number of aromatic nitrogens is 4. The summed E-state index contributed by atoms with van der Waals surface area (Å²) in [5.41, 5.74) is 2.57. The van der Waals surface area contributed by atoms with E-state index in [0.29, 0.717) is 36.5 Å². The zero-order valence-corrected chi connectivity index (χ0v) is 18.0. The SMILES string of the molecule is [C-]#[N+]C1CC(CC#N)(n2cc(-c3ccnc(Nc4ccc(C(=O)N5CCC5)cc4)n3)cn2)C1. The molecule has 3 heterocycles. The van der Waals surface area contributed by atoms with Crippen LogP contribution in [0.3, 0.4) is 0 Å². The van der Waals surface area contributed by atoms with Crippen molar-refractivity contribution < 1.29 is 4.79 Å². The Morgan fingerprint density at radius 2 is 2.06 bits per heavy atom. The van der Waals surface area contributed by atoms with Crippen molar-refractivity contribution in [3.05, 3.63) is 65.9 Å². The molecule has 9 heteroatoms. The van der Waals surface area contributed by atoms with E-state index in [2.05, 4.69) is 31.3 Å². The molecule has 5 rings (SSSR count). The van der Waals surface area contributed by atoms with E-state index in [-0.39, 0.29) is 11.9 Å². The highest BCUT2D eigenvalue weighted by Crippen LogP contribution is 2.44. The molecule has 164 valence electrons.